The second-order valence-corrected chi connectivity index (χ2v) is 6.50. The normalized spacial score (nSPS) is 11.7. The van der Waals surface area contributed by atoms with Crippen molar-refractivity contribution in [2.75, 3.05) is 5.32 Å². The molecule has 6 nitrogen and oxygen atoms in total. The van der Waals surface area contributed by atoms with Gasteiger partial charge in [0.1, 0.15) is 0 Å². The van der Waals surface area contributed by atoms with E-state index in [1.807, 2.05) is 0 Å². The standard InChI is InChI=1S/C19H15Cl2N3O3/c1-12(18(25)23-17-8-5-14(20)11-16(17)21)27-19(26)13-3-6-15(7-4-13)24-10-2-9-22-24/h2-12H,1H3,(H,23,25). The number of carbonyl (C=O) groups excluding carboxylic acids is 2. The molecule has 27 heavy (non-hydrogen) atoms. The first-order chi connectivity index (χ1) is 12.9. The van der Waals surface area contributed by atoms with Crippen LogP contribution in [0.1, 0.15) is 17.3 Å². The summed E-state index contributed by atoms with van der Waals surface area (Å²) >= 11 is 11.8. The summed E-state index contributed by atoms with van der Waals surface area (Å²) in [6, 6.07) is 13.2. The molecule has 0 fully saturated rings. The SMILES string of the molecule is CC(OC(=O)c1ccc(-n2cccn2)cc1)C(=O)Nc1ccc(Cl)cc1Cl. The van der Waals surface area contributed by atoms with Crippen LogP contribution in [0.5, 0.6) is 0 Å². The van der Waals surface area contributed by atoms with Crippen molar-refractivity contribution in [2.24, 2.45) is 0 Å². The zero-order valence-electron chi connectivity index (χ0n) is 14.2. The molecule has 0 aliphatic heterocycles. The summed E-state index contributed by atoms with van der Waals surface area (Å²) in [5.41, 5.74) is 1.52. The summed E-state index contributed by atoms with van der Waals surface area (Å²) in [6.07, 6.45) is 2.45. The number of hydrogen-bond donors (Lipinski definition) is 1. The van der Waals surface area contributed by atoms with Gasteiger partial charge in [-0.05, 0) is 55.5 Å². The molecule has 1 heterocycles. The molecule has 0 saturated heterocycles. The number of nitrogens with one attached hydrogen (secondary N) is 1. The molecular weight excluding hydrogens is 389 g/mol. The van der Waals surface area contributed by atoms with E-state index in [2.05, 4.69) is 10.4 Å². The molecule has 1 N–H and O–H groups in total. The van der Waals surface area contributed by atoms with E-state index < -0.39 is 18.0 Å². The minimum atomic E-state index is -1.00. The molecule has 8 heteroatoms. The molecule has 2 aromatic carbocycles. The molecule has 1 atom stereocenters. The van der Waals surface area contributed by atoms with Crippen LogP contribution in [0, 0.1) is 0 Å². The maximum absolute atomic E-state index is 12.3. The van der Waals surface area contributed by atoms with Gasteiger partial charge in [0, 0.05) is 17.4 Å². The third-order valence-electron chi connectivity index (χ3n) is 3.71. The number of hydrogen-bond acceptors (Lipinski definition) is 4. The third kappa shape index (κ3) is 4.67. The molecular formula is C19H15Cl2N3O3. The largest absolute Gasteiger partial charge is 0.449 e. The van der Waals surface area contributed by atoms with Crippen LogP contribution >= 0.6 is 23.2 Å². The Bertz CT molecular complexity index is 957. The number of benzene rings is 2. The van der Waals surface area contributed by atoms with Crippen LogP contribution in [0.4, 0.5) is 5.69 Å². The molecule has 0 spiro atoms. The first-order valence-electron chi connectivity index (χ1n) is 8.01. The van der Waals surface area contributed by atoms with Crippen molar-refractivity contribution in [3.05, 3.63) is 76.5 Å². The molecule has 1 amide bonds. The van der Waals surface area contributed by atoms with Crippen LogP contribution in [0.25, 0.3) is 5.69 Å². The Balaban J connectivity index is 1.62. The minimum Gasteiger partial charge on any atom is -0.449 e. The summed E-state index contributed by atoms with van der Waals surface area (Å²) in [7, 11) is 0. The van der Waals surface area contributed by atoms with E-state index in [0.29, 0.717) is 21.3 Å². The molecule has 3 rings (SSSR count). The van der Waals surface area contributed by atoms with Gasteiger partial charge in [-0.2, -0.15) is 5.10 Å². The van der Waals surface area contributed by atoms with E-state index in [0.717, 1.165) is 5.69 Å². The summed E-state index contributed by atoms with van der Waals surface area (Å²) in [5, 5.41) is 7.47. The van der Waals surface area contributed by atoms with Crippen molar-refractivity contribution in [3.8, 4) is 5.69 Å². The fraction of sp³-hybridized carbons (Fsp3) is 0.105. The van der Waals surface area contributed by atoms with Crippen molar-refractivity contribution in [3.63, 3.8) is 0 Å². The van der Waals surface area contributed by atoms with Gasteiger partial charge in [0.15, 0.2) is 6.10 Å². The Morgan fingerprint density at radius 3 is 2.52 bits per heavy atom. The molecule has 1 unspecified atom stereocenters. The van der Waals surface area contributed by atoms with Crippen molar-refractivity contribution in [2.45, 2.75) is 13.0 Å². The van der Waals surface area contributed by atoms with Crippen LogP contribution in [0.15, 0.2) is 60.9 Å². The number of rotatable bonds is 5. The number of esters is 1. The fourth-order valence-electron chi connectivity index (χ4n) is 2.28. The third-order valence-corrected chi connectivity index (χ3v) is 4.26. The van der Waals surface area contributed by atoms with Crippen LogP contribution in [-0.4, -0.2) is 27.8 Å². The van der Waals surface area contributed by atoms with Gasteiger partial charge in [0.2, 0.25) is 0 Å². The van der Waals surface area contributed by atoms with Crippen LogP contribution < -0.4 is 5.32 Å². The predicted octanol–water partition coefficient (Wildman–Crippen LogP) is 4.36. The van der Waals surface area contributed by atoms with E-state index >= 15 is 0 Å². The van der Waals surface area contributed by atoms with Gasteiger partial charge < -0.3 is 10.1 Å². The highest BCUT2D eigenvalue weighted by Crippen LogP contribution is 2.25. The Morgan fingerprint density at radius 2 is 1.89 bits per heavy atom. The number of anilines is 1. The van der Waals surface area contributed by atoms with E-state index in [9.17, 15) is 9.59 Å². The number of amides is 1. The lowest BCUT2D eigenvalue weighted by Crippen LogP contribution is -2.30. The Kier molecular flexibility index (Phi) is 5.78. The number of nitrogens with zero attached hydrogens (tertiary/aromatic N) is 2. The van der Waals surface area contributed by atoms with E-state index in [-0.39, 0.29) is 0 Å². The van der Waals surface area contributed by atoms with E-state index in [1.165, 1.54) is 13.0 Å². The molecule has 138 valence electrons. The lowest BCUT2D eigenvalue weighted by atomic mass is 10.2. The maximum atomic E-state index is 12.3. The van der Waals surface area contributed by atoms with Gasteiger partial charge in [-0.1, -0.05) is 23.2 Å². The van der Waals surface area contributed by atoms with Gasteiger partial charge in [0.05, 0.1) is 22.0 Å². The second kappa shape index (κ2) is 8.24. The van der Waals surface area contributed by atoms with Gasteiger partial charge in [-0.3, -0.25) is 4.79 Å². The molecule has 0 saturated carbocycles. The quantitative estimate of drug-likeness (QED) is 0.642. The molecule has 3 aromatic rings. The van der Waals surface area contributed by atoms with Gasteiger partial charge in [-0.25, -0.2) is 9.48 Å². The van der Waals surface area contributed by atoms with Crippen molar-refractivity contribution in [1.82, 2.24) is 9.78 Å². The molecule has 0 radical (unpaired) electrons. The van der Waals surface area contributed by atoms with E-state index in [1.54, 1.807) is 59.5 Å². The lowest BCUT2D eigenvalue weighted by Gasteiger charge is -2.14. The highest BCUT2D eigenvalue weighted by molar-refractivity contribution is 6.36. The maximum Gasteiger partial charge on any atom is 0.338 e. The van der Waals surface area contributed by atoms with Crippen molar-refractivity contribution >= 4 is 40.8 Å². The highest BCUT2D eigenvalue weighted by Gasteiger charge is 2.20. The molecule has 1 aromatic heterocycles. The number of carbonyl (C=O) groups is 2. The summed E-state index contributed by atoms with van der Waals surface area (Å²) < 4.78 is 6.89. The topological polar surface area (TPSA) is 73.2 Å². The summed E-state index contributed by atoms with van der Waals surface area (Å²) in [4.78, 5) is 24.5. The highest BCUT2D eigenvalue weighted by atomic mass is 35.5. The molecule has 0 aliphatic carbocycles. The monoisotopic (exact) mass is 403 g/mol. The van der Waals surface area contributed by atoms with Crippen molar-refractivity contribution < 1.29 is 14.3 Å². The van der Waals surface area contributed by atoms with Gasteiger partial charge >= 0.3 is 5.97 Å². The van der Waals surface area contributed by atoms with Crippen molar-refractivity contribution in [1.29, 1.82) is 0 Å². The zero-order valence-corrected chi connectivity index (χ0v) is 15.7. The number of aromatic nitrogens is 2. The Labute approximate surface area is 165 Å². The average Bonchev–Trinajstić information content (AvgIpc) is 3.18. The van der Waals surface area contributed by atoms with Gasteiger partial charge in [0.25, 0.3) is 5.91 Å². The Morgan fingerprint density at radius 1 is 1.15 bits per heavy atom. The first kappa shape index (κ1) is 18.9. The average molecular weight is 404 g/mol. The molecule has 0 aliphatic rings. The van der Waals surface area contributed by atoms with E-state index in [4.69, 9.17) is 27.9 Å². The zero-order chi connectivity index (χ0) is 19.4. The predicted molar refractivity (Wildman–Crippen MR) is 104 cm³/mol. The smallest absolute Gasteiger partial charge is 0.338 e. The van der Waals surface area contributed by atoms with Crippen LogP contribution in [0.3, 0.4) is 0 Å². The van der Waals surface area contributed by atoms with Crippen LogP contribution in [-0.2, 0) is 9.53 Å². The lowest BCUT2D eigenvalue weighted by molar-refractivity contribution is -0.123. The van der Waals surface area contributed by atoms with Crippen LogP contribution in [0.2, 0.25) is 10.0 Å². The molecule has 0 bridgehead atoms. The number of halogens is 2. The fourth-order valence-corrected chi connectivity index (χ4v) is 2.73. The first-order valence-corrected chi connectivity index (χ1v) is 8.76. The summed E-state index contributed by atoms with van der Waals surface area (Å²) in [5.74, 6) is -1.10. The van der Waals surface area contributed by atoms with Gasteiger partial charge in [-0.15, -0.1) is 0 Å². The number of ether oxygens (including phenoxy) is 1. The Hall–Kier alpha value is -2.83. The summed E-state index contributed by atoms with van der Waals surface area (Å²) in [6.45, 7) is 1.48. The second-order valence-electron chi connectivity index (χ2n) is 5.66. The minimum absolute atomic E-state index is 0.295.